The van der Waals surface area contributed by atoms with Crippen molar-refractivity contribution >= 4 is 5.69 Å². The Bertz CT molecular complexity index is 354. The Hall–Kier alpha value is -1.02. The fourth-order valence-corrected chi connectivity index (χ4v) is 2.73. The van der Waals surface area contributed by atoms with E-state index in [0.717, 1.165) is 12.8 Å². The van der Waals surface area contributed by atoms with E-state index in [2.05, 4.69) is 36.1 Å². The Morgan fingerprint density at radius 3 is 2.44 bits per heavy atom. The lowest BCUT2D eigenvalue weighted by Crippen LogP contribution is -2.27. The van der Waals surface area contributed by atoms with Gasteiger partial charge in [0.1, 0.15) is 0 Å². The number of anilines is 1. The highest BCUT2D eigenvalue weighted by molar-refractivity contribution is 5.54. The van der Waals surface area contributed by atoms with Gasteiger partial charge in [0.15, 0.2) is 0 Å². The molecular formula is C16H26N2. The van der Waals surface area contributed by atoms with Crippen molar-refractivity contribution < 1.29 is 0 Å². The highest BCUT2D eigenvalue weighted by atomic mass is 15.1. The van der Waals surface area contributed by atoms with Crippen LogP contribution in [-0.2, 0) is 6.42 Å². The fraction of sp³-hybridized carbons (Fsp3) is 0.625. The Kier molecular flexibility index (Phi) is 5.06. The lowest BCUT2D eigenvalue weighted by Gasteiger charge is -2.26. The second-order valence-electron chi connectivity index (χ2n) is 5.40. The lowest BCUT2D eigenvalue weighted by atomic mass is 10.0. The van der Waals surface area contributed by atoms with E-state index < -0.39 is 0 Å². The number of hydrogen-bond acceptors (Lipinski definition) is 2. The first-order valence-corrected chi connectivity index (χ1v) is 7.39. The number of para-hydroxylation sites is 1. The van der Waals surface area contributed by atoms with Crippen LogP contribution in [0, 0.1) is 0 Å². The first-order chi connectivity index (χ1) is 8.81. The molecule has 1 aliphatic heterocycles. The number of rotatable bonds is 4. The predicted octanol–water partition coefficient (Wildman–Crippen LogP) is 3.35. The highest BCUT2D eigenvalue weighted by Crippen LogP contribution is 2.24. The van der Waals surface area contributed by atoms with Gasteiger partial charge in [0, 0.05) is 24.8 Å². The maximum atomic E-state index is 6.12. The van der Waals surface area contributed by atoms with Crippen LogP contribution >= 0.6 is 0 Å². The summed E-state index contributed by atoms with van der Waals surface area (Å²) < 4.78 is 0. The van der Waals surface area contributed by atoms with Crippen LogP contribution in [0.4, 0.5) is 5.69 Å². The average Bonchev–Trinajstić information content (AvgIpc) is 2.68. The van der Waals surface area contributed by atoms with E-state index in [1.165, 1.54) is 50.0 Å². The second-order valence-corrected chi connectivity index (χ2v) is 5.40. The molecule has 1 saturated heterocycles. The van der Waals surface area contributed by atoms with Gasteiger partial charge in [0.25, 0.3) is 0 Å². The minimum atomic E-state index is 0.290. The number of nitrogens with two attached hydrogens (primary N) is 1. The smallest absolute Gasteiger partial charge is 0.0399 e. The SMILES string of the molecule is CCC(N)Cc1ccccc1N1CCCCCC1. The maximum Gasteiger partial charge on any atom is 0.0399 e. The third-order valence-corrected chi connectivity index (χ3v) is 3.94. The molecule has 2 N–H and O–H groups in total. The predicted molar refractivity (Wildman–Crippen MR) is 79.1 cm³/mol. The molecule has 1 aliphatic rings. The van der Waals surface area contributed by atoms with Crippen LogP contribution in [-0.4, -0.2) is 19.1 Å². The van der Waals surface area contributed by atoms with Gasteiger partial charge in [0.05, 0.1) is 0 Å². The maximum absolute atomic E-state index is 6.12. The van der Waals surface area contributed by atoms with Crippen molar-refractivity contribution in [2.45, 2.75) is 51.5 Å². The molecule has 0 aromatic heterocycles. The van der Waals surface area contributed by atoms with Gasteiger partial charge in [-0.1, -0.05) is 38.0 Å². The quantitative estimate of drug-likeness (QED) is 0.883. The summed E-state index contributed by atoms with van der Waals surface area (Å²) in [5.41, 5.74) is 8.96. The van der Waals surface area contributed by atoms with Crippen molar-refractivity contribution in [3.63, 3.8) is 0 Å². The number of hydrogen-bond donors (Lipinski definition) is 1. The summed E-state index contributed by atoms with van der Waals surface area (Å²) in [4.78, 5) is 2.56. The standard InChI is InChI=1S/C16H26N2/c1-2-15(17)13-14-9-5-6-10-16(14)18-11-7-3-4-8-12-18/h5-6,9-10,15H,2-4,7-8,11-13,17H2,1H3. The molecule has 0 bridgehead atoms. The van der Waals surface area contributed by atoms with Gasteiger partial charge in [-0.3, -0.25) is 0 Å². The van der Waals surface area contributed by atoms with E-state index in [9.17, 15) is 0 Å². The molecule has 0 aliphatic carbocycles. The van der Waals surface area contributed by atoms with Crippen LogP contribution in [0.3, 0.4) is 0 Å². The molecule has 1 unspecified atom stereocenters. The topological polar surface area (TPSA) is 29.3 Å². The molecule has 0 radical (unpaired) electrons. The van der Waals surface area contributed by atoms with Crippen LogP contribution in [0.1, 0.15) is 44.6 Å². The lowest BCUT2D eigenvalue weighted by molar-refractivity contribution is 0.643. The molecule has 18 heavy (non-hydrogen) atoms. The first kappa shape index (κ1) is 13.4. The third kappa shape index (κ3) is 3.49. The Morgan fingerprint density at radius 2 is 1.78 bits per heavy atom. The van der Waals surface area contributed by atoms with Gasteiger partial charge in [-0.25, -0.2) is 0 Å². The van der Waals surface area contributed by atoms with Crippen LogP contribution in [0.2, 0.25) is 0 Å². The van der Waals surface area contributed by atoms with Crippen molar-refractivity contribution in [2.24, 2.45) is 5.73 Å². The molecule has 2 nitrogen and oxygen atoms in total. The summed E-state index contributed by atoms with van der Waals surface area (Å²) in [6.45, 7) is 4.58. The summed E-state index contributed by atoms with van der Waals surface area (Å²) in [6.07, 6.45) is 7.47. The van der Waals surface area contributed by atoms with Crippen molar-refractivity contribution in [3.05, 3.63) is 29.8 Å². The molecule has 100 valence electrons. The molecule has 1 aromatic carbocycles. The molecule has 2 rings (SSSR count). The monoisotopic (exact) mass is 246 g/mol. The zero-order valence-corrected chi connectivity index (χ0v) is 11.6. The molecule has 1 heterocycles. The molecular weight excluding hydrogens is 220 g/mol. The van der Waals surface area contributed by atoms with E-state index in [0.29, 0.717) is 0 Å². The second kappa shape index (κ2) is 6.79. The molecule has 2 heteroatoms. The van der Waals surface area contributed by atoms with E-state index in [-0.39, 0.29) is 6.04 Å². The minimum absolute atomic E-state index is 0.290. The molecule has 1 atom stereocenters. The van der Waals surface area contributed by atoms with Crippen LogP contribution in [0.25, 0.3) is 0 Å². The summed E-state index contributed by atoms with van der Waals surface area (Å²) in [5, 5.41) is 0. The van der Waals surface area contributed by atoms with Gasteiger partial charge >= 0.3 is 0 Å². The Balaban J connectivity index is 2.14. The highest BCUT2D eigenvalue weighted by Gasteiger charge is 2.14. The van der Waals surface area contributed by atoms with E-state index >= 15 is 0 Å². The normalized spacial score (nSPS) is 18.4. The molecule has 1 fully saturated rings. The molecule has 0 amide bonds. The zero-order valence-electron chi connectivity index (χ0n) is 11.6. The average molecular weight is 246 g/mol. The number of benzene rings is 1. The van der Waals surface area contributed by atoms with Crippen molar-refractivity contribution in [2.75, 3.05) is 18.0 Å². The van der Waals surface area contributed by atoms with Gasteiger partial charge < -0.3 is 10.6 Å². The molecule has 0 saturated carbocycles. The van der Waals surface area contributed by atoms with Crippen molar-refractivity contribution in [1.82, 2.24) is 0 Å². The first-order valence-electron chi connectivity index (χ1n) is 7.39. The molecule has 1 aromatic rings. The Labute approximate surface area is 111 Å². The Morgan fingerprint density at radius 1 is 1.11 bits per heavy atom. The van der Waals surface area contributed by atoms with Crippen molar-refractivity contribution in [3.8, 4) is 0 Å². The van der Waals surface area contributed by atoms with E-state index in [1.54, 1.807) is 0 Å². The largest absolute Gasteiger partial charge is 0.371 e. The van der Waals surface area contributed by atoms with Crippen LogP contribution in [0.5, 0.6) is 0 Å². The van der Waals surface area contributed by atoms with Crippen LogP contribution in [0.15, 0.2) is 24.3 Å². The van der Waals surface area contributed by atoms with Crippen LogP contribution < -0.4 is 10.6 Å². The minimum Gasteiger partial charge on any atom is -0.371 e. The van der Waals surface area contributed by atoms with E-state index in [4.69, 9.17) is 5.73 Å². The summed E-state index contributed by atoms with van der Waals surface area (Å²) in [7, 11) is 0. The number of nitrogens with zero attached hydrogens (tertiary/aromatic N) is 1. The summed E-state index contributed by atoms with van der Waals surface area (Å²) in [6, 6.07) is 9.09. The summed E-state index contributed by atoms with van der Waals surface area (Å²) in [5.74, 6) is 0. The van der Waals surface area contributed by atoms with E-state index in [1.807, 2.05) is 0 Å². The molecule has 0 spiro atoms. The van der Waals surface area contributed by atoms with Gasteiger partial charge in [0.2, 0.25) is 0 Å². The van der Waals surface area contributed by atoms with Gasteiger partial charge in [-0.15, -0.1) is 0 Å². The fourth-order valence-electron chi connectivity index (χ4n) is 2.73. The van der Waals surface area contributed by atoms with Crippen molar-refractivity contribution in [1.29, 1.82) is 0 Å². The van der Waals surface area contributed by atoms with Gasteiger partial charge in [-0.05, 0) is 37.3 Å². The zero-order chi connectivity index (χ0) is 12.8. The van der Waals surface area contributed by atoms with Gasteiger partial charge in [-0.2, -0.15) is 0 Å². The summed E-state index contributed by atoms with van der Waals surface area (Å²) >= 11 is 0. The third-order valence-electron chi connectivity index (χ3n) is 3.94.